The van der Waals surface area contributed by atoms with Gasteiger partial charge in [-0.05, 0) is 55.7 Å². The highest BCUT2D eigenvalue weighted by Gasteiger charge is 2.23. The van der Waals surface area contributed by atoms with E-state index in [9.17, 15) is 14.4 Å². The molecule has 31 heavy (non-hydrogen) atoms. The van der Waals surface area contributed by atoms with Crippen LogP contribution in [0, 0.1) is 13.8 Å². The predicted octanol–water partition coefficient (Wildman–Crippen LogP) is 5.42. The maximum Gasteiger partial charge on any atom is 0.341 e. The normalized spacial score (nSPS) is 10.5. The van der Waals surface area contributed by atoms with Gasteiger partial charge in [-0.15, -0.1) is 11.3 Å². The molecule has 0 aliphatic carbocycles. The Balaban J connectivity index is 1.96. The van der Waals surface area contributed by atoms with Crippen LogP contribution < -0.4 is 10.6 Å². The zero-order valence-corrected chi connectivity index (χ0v) is 18.7. The predicted molar refractivity (Wildman–Crippen MR) is 124 cm³/mol. The van der Waals surface area contributed by atoms with E-state index in [4.69, 9.17) is 4.74 Å². The number of ether oxygens (including phenoxy) is 1. The summed E-state index contributed by atoms with van der Waals surface area (Å²) in [7, 11) is 0. The monoisotopic (exact) mass is 436 g/mol. The van der Waals surface area contributed by atoms with Crippen molar-refractivity contribution in [1.82, 2.24) is 0 Å². The zero-order valence-electron chi connectivity index (χ0n) is 17.9. The van der Waals surface area contributed by atoms with Gasteiger partial charge in [0.2, 0.25) is 5.91 Å². The lowest BCUT2D eigenvalue weighted by Crippen LogP contribution is -2.15. The van der Waals surface area contributed by atoms with E-state index in [1.165, 1.54) is 18.3 Å². The first-order valence-electron chi connectivity index (χ1n) is 9.85. The quantitative estimate of drug-likeness (QED) is 0.505. The Morgan fingerprint density at radius 1 is 1.00 bits per heavy atom. The Morgan fingerprint density at radius 3 is 2.45 bits per heavy atom. The molecule has 0 saturated heterocycles. The number of anilines is 2. The molecule has 3 rings (SSSR count). The second kappa shape index (κ2) is 9.57. The Hall–Kier alpha value is -3.45. The van der Waals surface area contributed by atoms with E-state index in [0.29, 0.717) is 27.4 Å². The second-order valence-corrected chi connectivity index (χ2v) is 7.97. The molecule has 2 aromatic carbocycles. The molecule has 0 spiro atoms. The summed E-state index contributed by atoms with van der Waals surface area (Å²) in [6.45, 7) is 7.41. The van der Waals surface area contributed by atoms with Crippen LogP contribution in [0.1, 0.15) is 45.7 Å². The molecule has 0 fully saturated rings. The molecule has 2 N–H and O–H groups in total. The SMILES string of the molecule is CCOC(=O)c1c(-c2ccc(C)c(C)c2)csc1NC(=O)c1cccc(NC(C)=O)c1. The number of thiophene rings is 1. The average molecular weight is 437 g/mol. The van der Waals surface area contributed by atoms with E-state index < -0.39 is 5.97 Å². The topological polar surface area (TPSA) is 84.5 Å². The third kappa shape index (κ3) is 5.19. The van der Waals surface area contributed by atoms with Crippen LogP contribution in [-0.2, 0) is 9.53 Å². The first-order chi connectivity index (χ1) is 14.8. The molecule has 0 unspecified atom stereocenters. The molecule has 0 radical (unpaired) electrons. The largest absolute Gasteiger partial charge is 0.462 e. The Bertz CT molecular complexity index is 1150. The minimum Gasteiger partial charge on any atom is -0.462 e. The standard InChI is InChI=1S/C24H24N2O4S/c1-5-30-24(29)21-20(17-10-9-14(2)15(3)11-17)13-31-23(21)26-22(28)18-7-6-8-19(12-18)25-16(4)27/h6-13H,5H2,1-4H3,(H,25,27)(H,26,28). The number of esters is 1. The van der Waals surface area contributed by atoms with Crippen molar-refractivity contribution in [2.45, 2.75) is 27.7 Å². The van der Waals surface area contributed by atoms with Crippen LogP contribution in [0.15, 0.2) is 47.8 Å². The van der Waals surface area contributed by atoms with Gasteiger partial charge in [-0.2, -0.15) is 0 Å². The highest BCUT2D eigenvalue weighted by atomic mass is 32.1. The third-order valence-corrected chi connectivity index (χ3v) is 5.66. The number of rotatable bonds is 6. The first kappa shape index (κ1) is 22.2. The molecule has 6 nitrogen and oxygen atoms in total. The van der Waals surface area contributed by atoms with Gasteiger partial charge in [0, 0.05) is 29.1 Å². The van der Waals surface area contributed by atoms with Crippen LogP contribution in [0.3, 0.4) is 0 Å². The minimum absolute atomic E-state index is 0.224. The molecule has 0 saturated carbocycles. The number of carbonyl (C=O) groups is 3. The van der Waals surface area contributed by atoms with Crippen molar-refractivity contribution >= 4 is 39.8 Å². The average Bonchev–Trinajstić information content (AvgIpc) is 3.13. The van der Waals surface area contributed by atoms with Gasteiger partial charge in [-0.25, -0.2) is 4.79 Å². The van der Waals surface area contributed by atoms with Gasteiger partial charge in [0.15, 0.2) is 0 Å². The lowest BCUT2D eigenvalue weighted by atomic mass is 9.99. The highest BCUT2D eigenvalue weighted by molar-refractivity contribution is 7.15. The first-order valence-corrected chi connectivity index (χ1v) is 10.7. The summed E-state index contributed by atoms with van der Waals surface area (Å²) >= 11 is 1.27. The maximum absolute atomic E-state index is 12.9. The Kier molecular flexibility index (Phi) is 6.87. The lowest BCUT2D eigenvalue weighted by molar-refractivity contribution is -0.114. The Labute approximate surface area is 185 Å². The van der Waals surface area contributed by atoms with Crippen LogP contribution in [0.5, 0.6) is 0 Å². The van der Waals surface area contributed by atoms with E-state index in [-0.39, 0.29) is 18.4 Å². The van der Waals surface area contributed by atoms with Crippen LogP contribution >= 0.6 is 11.3 Å². The van der Waals surface area contributed by atoms with E-state index in [0.717, 1.165) is 16.7 Å². The van der Waals surface area contributed by atoms with Crippen molar-refractivity contribution in [3.05, 3.63) is 70.1 Å². The van der Waals surface area contributed by atoms with Crippen molar-refractivity contribution in [2.24, 2.45) is 0 Å². The minimum atomic E-state index is -0.487. The number of nitrogens with one attached hydrogen (secondary N) is 2. The highest BCUT2D eigenvalue weighted by Crippen LogP contribution is 2.37. The fraction of sp³-hybridized carbons (Fsp3) is 0.208. The fourth-order valence-corrected chi connectivity index (χ4v) is 4.05. The lowest BCUT2D eigenvalue weighted by Gasteiger charge is -2.10. The zero-order chi connectivity index (χ0) is 22.5. The molecule has 160 valence electrons. The number of benzene rings is 2. The molecular weight excluding hydrogens is 412 g/mol. The van der Waals surface area contributed by atoms with Crippen LogP contribution in [0.25, 0.3) is 11.1 Å². The molecule has 2 amide bonds. The van der Waals surface area contributed by atoms with Gasteiger partial charge < -0.3 is 15.4 Å². The number of carbonyl (C=O) groups excluding carboxylic acids is 3. The molecule has 0 aliphatic heterocycles. The van der Waals surface area contributed by atoms with Gasteiger partial charge >= 0.3 is 5.97 Å². The molecule has 1 aromatic heterocycles. The van der Waals surface area contributed by atoms with Crippen LogP contribution in [-0.4, -0.2) is 24.4 Å². The van der Waals surface area contributed by atoms with Crippen LogP contribution in [0.2, 0.25) is 0 Å². The van der Waals surface area contributed by atoms with Crippen LogP contribution in [0.4, 0.5) is 10.7 Å². The summed E-state index contributed by atoms with van der Waals surface area (Å²) in [5, 5.41) is 7.75. The molecule has 0 atom stereocenters. The summed E-state index contributed by atoms with van der Waals surface area (Å²) in [6.07, 6.45) is 0. The van der Waals surface area contributed by atoms with E-state index in [1.807, 2.05) is 37.4 Å². The maximum atomic E-state index is 12.9. The van der Waals surface area contributed by atoms with Crippen molar-refractivity contribution in [2.75, 3.05) is 17.2 Å². The summed E-state index contributed by atoms with van der Waals surface area (Å²) in [5.41, 5.74) is 5.09. The molecule has 3 aromatic rings. The summed E-state index contributed by atoms with van der Waals surface area (Å²) in [4.78, 5) is 36.9. The van der Waals surface area contributed by atoms with Gasteiger partial charge in [-0.3, -0.25) is 9.59 Å². The number of hydrogen-bond acceptors (Lipinski definition) is 5. The number of hydrogen-bond donors (Lipinski definition) is 2. The van der Waals surface area contributed by atoms with Crippen molar-refractivity contribution in [1.29, 1.82) is 0 Å². The van der Waals surface area contributed by atoms with Gasteiger partial charge in [0.05, 0.1) is 6.61 Å². The van der Waals surface area contributed by atoms with E-state index in [2.05, 4.69) is 10.6 Å². The molecule has 1 heterocycles. The molecular formula is C24H24N2O4S. The van der Waals surface area contributed by atoms with Gasteiger partial charge in [0.1, 0.15) is 10.6 Å². The van der Waals surface area contributed by atoms with E-state index in [1.54, 1.807) is 31.2 Å². The smallest absolute Gasteiger partial charge is 0.341 e. The molecule has 7 heteroatoms. The van der Waals surface area contributed by atoms with Crippen molar-refractivity contribution in [3.8, 4) is 11.1 Å². The van der Waals surface area contributed by atoms with Gasteiger partial charge in [-0.1, -0.05) is 24.3 Å². The van der Waals surface area contributed by atoms with Crippen molar-refractivity contribution in [3.63, 3.8) is 0 Å². The number of aryl methyl sites for hydroxylation is 2. The summed E-state index contributed by atoms with van der Waals surface area (Å²) in [6, 6.07) is 12.6. The van der Waals surface area contributed by atoms with E-state index >= 15 is 0 Å². The fourth-order valence-electron chi connectivity index (χ4n) is 3.09. The molecule has 0 aliphatic rings. The Morgan fingerprint density at radius 2 is 1.77 bits per heavy atom. The van der Waals surface area contributed by atoms with Crippen molar-refractivity contribution < 1.29 is 19.1 Å². The summed E-state index contributed by atoms with van der Waals surface area (Å²) in [5.74, 6) is -1.09. The summed E-state index contributed by atoms with van der Waals surface area (Å²) < 4.78 is 5.26. The van der Waals surface area contributed by atoms with Gasteiger partial charge in [0.25, 0.3) is 5.91 Å². The molecule has 0 bridgehead atoms. The number of amides is 2. The third-order valence-electron chi connectivity index (χ3n) is 4.76. The second-order valence-electron chi connectivity index (χ2n) is 7.09.